The van der Waals surface area contributed by atoms with Crippen LogP contribution in [0.2, 0.25) is 0 Å². The Morgan fingerprint density at radius 2 is 1.39 bits per heavy atom. The molecule has 0 atom stereocenters. The number of carbonyl (C=O) groups excluding carboxylic acids is 2. The highest BCUT2D eigenvalue weighted by atomic mass is 16.5. The van der Waals surface area contributed by atoms with Crippen molar-refractivity contribution in [3.63, 3.8) is 0 Å². The van der Waals surface area contributed by atoms with Crippen LogP contribution in [0.5, 0.6) is 11.5 Å². The molecule has 0 spiro atoms. The van der Waals surface area contributed by atoms with E-state index in [0.717, 1.165) is 28.2 Å². The summed E-state index contributed by atoms with van der Waals surface area (Å²) in [5.74, 6) is 1.14. The normalized spacial score (nSPS) is 13.2. The number of ether oxygens (including phenoxy) is 3. The van der Waals surface area contributed by atoms with Crippen LogP contribution < -0.4 is 9.47 Å². The van der Waals surface area contributed by atoms with Gasteiger partial charge in [-0.2, -0.15) is 0 Å². The SMILES string of the molecule is COc1ccc(-n2c(-c3ccccc3)cc(C(=O)N3CCN(C(=O)COCc4ccccc4)CC3)c2C)cc1OC. The lowest BCUT2D eigenvalue weighted by Crippen LogP contribution is -2.51. The maximum Gasteiger partial charge on any atom is 0.255 e. The highest BCUT2D eigenvalue weighted by Gasteiger charge is 2.28. The minimum Gasteiger partial charge on any atom is -0.493 e. The van der Waals surface area contributed by atoms with Crippen LogP contribution in [0.15, 0.2) is 84.9 Å². The molecule has 41 heavy (non-hydrogen) atoms. The lowest BCUT2D eigenvalue weighted by molar-refractivity contribution is -0.138. The maximum absolute atomic E-state index is 13.8. The van der Waals surface area contributed by atoms with Crippen LogP contribution in [0.1, 0.15) is 21.6 Å². The zero-order valence-electron chi connectivity index (χ0n) is 23.7. The molecule has 2 amide bonds. The van der Waals surface area contributed by atoms with Crippen molar-refractivity contribution in [3.05, 3.63) is 102 Å². The predicted molar refractivity (Wildman–Crippen MR) is 158 cm³/mol. The molecule has 0 N–H and O–H groups in total. The second kappa shape index (κ2) is 12.7. The number of piperazine rings is 1. The van der Waals surface area contributed by atoms with Gasteiger partial charge in [0.2, 0.25) is 5.91 Å². The topological polar surface area (TPSA) is 73.2 Å². The Balaban J connectivity index is 1.32. The molecule has 1 aliphatic heterocycles. The molecule has 212 valence electrons. The summed E-state index contributed by atoms with van der Waals surface area (Å²) in [7, 11) is 3.21. The molecule has 0 radical (unpaired) electrons. The monoisotopic (exact) mass is 553 g/mol. The molecular formula is C33H35N3O5. The smallest absolute Gasteiger partial charge is 0.255 e. The molecule has 2 heterocycles. The fraction of sp³-hybridized carbons (Fsp3) is 0.273. The summed E-state index contributed by atoms with van der Waals surface area (Å²) in [5.41, 5.74) is 5.25. The zero-order valence-corrected chi connectivity index (χ0v) is 23.7. The highest BCUT2D eigenvalue weighted by Crippen LogP contribution is 2.34. The van der Waals surface area contributed by atoms with Gasteiger partial charge in [-0.3, -0.25) is 9.59 Å². The van der Waals surface area contributed by atoms with E-state index in [0.29, 0.717) is 49.8 Å². The van der Waals surface area contributed by atoms with Gasteiger partial charge in [0, 0.05) is 43.6 Å². The second-order valence-electron chi connectivity index (χ2n) is 9.92. The van der Waals surface area contributed by atoms with E-state index in [1.807, 2.05) is 96.8 Å². The molecule has 5 rings (SSSR count). The lowest BCUT2D eigenvalue weighted by atomic mass is 10.1. The number of hydrogen-bond acceptors (Lipinski definition) is 5. The van der Waals surface area contributed by atoms with Crippen molar-refractivity contribution in [1.29, 1.82) is 0 Å². The molecule has 8 nitrogen and oxygen atoms in total. The molecular weight excluding hydrogens is 518 g/mol. The van der Waals surface area contributed by atoms with Gasteiger partial charge in [0.05, 0.1) is 32.1 Å². The number of methoxy groups -OCH3 is 2. The van der Waals surface area contributed by atoms with Crippen molar-refractivity contribution in [2.45, 2.75) is 13.5 Å². The Hall–Kier alpha value is -4.56. The fourth-order valence-electron chi connectivity index (χ4n) is 5.19. The third-order valence-corrected chi connectivity index (χ3v) is 7.43. The summed E-state index contributed by atoms with van der Waals surface area (Å²) in [6.45, 7) is 4.25. The van der Waals surface area contributed by atoms with Crippen molar-refractivity contribution < 1.29 is 23.8 Å². The molecule has 0 unspecified atom stereocenters. The maximum atomic E-state index is 13.8. The van der Waals surface area contributed by atoms with E-state index in [1.54, 1.807) is 19.1 Å². The van der Waals surface area contributed by atoms with Gasteiger partial charge in [-0.25, -0.2) is 0 Å². The predicted octanol–water partition coefficient (Wildman–Crippen LogP) is 4.97. The van der Waals surface area contributed by atoms with Crippen molar-refractivity contribution in [1.82, 2.24) is 14.4 Å². The largest absolute Gasteiger partial charge is 0.493 e. The number of aromatic nitrogens is 1. The first-order valence-corrected chi connectivity index (χ1v) is 13.7. The van der Waals surface area contributed by atoms with Crippen LogP contribution in [0.25, 0.3) is 16.9 Å². The molecule has 0 saturated carbocycles. The van der Waals surface area contributed by atoms with E-state index in [9.17, 15) is 9.59 Å². The number of amides is 2. The van der Waals surface area contributed by atoms with Gasteiger partial charge in [0.15, 0.2) is 11.5 Å². The average Bonchev–Trinajstić information content (AvgIpc) is 3.38. The van der Waals surface area contributed by atoms with Gasteiger partial charge in [-0.05, 0) is 36.2 Å². The van der Waals surface area contributed by atoms with Crippen LogP contribution in [0, 0.1) is 6.92 Å². The van der Waals surface area contributed by atoms with Gasteiger partial charge in [-0.1, -0.05) is 60.7 Å². The van der Waals surface area contributed by atoms with Crippen molar-refractivity contribution in [3.8, 4) is 28.4 Å². The van der Waals surface area contributed by atoms with E-state index >= 15 is 0 Å². The third kappa shape index (κ3) is 6.12. The molecule has 1 aromatic heterocycles. The van der Waals surface area contributed by atoms with Crippen LogP contribution >= 0.6 is 0 Å². The highest BCUT2D eigenvalue weighted by molar-refractivity contribution is 5.97. The van der Waals surface area contributed by atoms with Gasteiger partial charge in [0.25, 0.3) is 5.91 Å². The summed E-state index contributed by atoms with van der Waals surface area (Å²) in [4.78, 5) is 30.1. The Kier molecular flexibility index (Phi) is 8.70. The minimum atomic E-state index is -0.0600. The number of hydrogen-bond donors (Lipinski definition) is 0. The van der Waals surface area contributed by atoms with E-state index in [-0.39, 0.29) is 18.4 Å². The average molecular weight is 554 g/mol. The van der Waals surface area contributed by atoms with Crippen LogP contribution in [-0.2, 0) is 16.1 Å². The van der Waals surface area contributed by atoms with E-state index in [2.05, 4.69) is 4.57 Å². The molecule has 1 fully saturated rings. The van der Waals surface area contributed by atoms with E-state index in [1.165, 1.54) is 0 Å². The summed E-state index contributed by atoms with van der Waals surface area (Å²) in [6, 6.07) is 27.5. The van der Waals surface area contributed by atoms with Crippen LogP contribution in [0.4, 0.5) is 0 Å². The summed E-state index contributed by atoms with van der Waals surface area (Å²) >= 11 is 0. The summed E-state index contributed by atoms with van der Waals surface area (Å²) in [6.07, 6.45) is 0. The van der Waals surface area contributed by atoms with E-state index in [4.69, 9.17) is 14.2 Å². The van der Waals surface area contributed by atoms with Crippen LogP contribution in [0.3, 0.4) is 0 Å². The number of rotatable bonds is 9. The number of nitrogens with zero attached hydrogens (tertiary/aromatic N) is 3. The van der Waals surface area contributed by atoms with Crippen molar-refractivity contribution in [2.24, 2.45) is 0 Å². The first-order valence-electron chi connectivity index (χ1n) is 13.7. The Bertz CT molecular complexity index is 1490. The molecule has 1 saturated heterocycles. The summed E-state index contributed by atoms with van der Waals surface area (Å²) < 4.78 is 18.7. The number of benzene rings is 3. The summed E-state index contributed by atoms with van der Waals surface area (Å²) in [5, 5.41) is 0. The first kappa shape index (κ1) is 28.0. The van der Waals surface area contributed by atoms with E-state index < -0.39 is 0 Å². The van der Waals surface area contributed by atoms with Crippen LogP contribution in [-0.4, -0.2) is 73.2 Å². The van der Waals surface area contributed by atoms with Gasteiger partial charge in [0.1, 0.15) is 6.61 Å². The zero-order chi connectivity index (χ0) is 28.8. The molecule has 4 aromatic rings. The molecule has 1 aliphatic rings. The Morgan fingerprint density at radius 3 is 2.05 bits per heavy atom. The molecule has 0 aliphatic carbocycles. The minimum absolute atomic E-state index is 0.0244. The Morgan fingerprint density at radius 1 is 0.756 bits per heavy atom. The molecule has 8 heteroatoms. The quantitative estimate of drug-likeness (QED) is 0.293. The standard InChI is InChI=1S/C33H35N3O5/c1-24-28(33(38)35-18-16-34(17-19-35)32(37)23-41-22-25-10-6-4-7-11-25)21-29(26-12-8-5-9-13-26)36(24)27-14-15-30(39-2)31(20-27)40-3/h4-15,20-21H,16-19,22-23H2,1-3H3. The first-order chi connectivity index (χ1) is 20.0. The van der Waals surface area contributed by atoms with Gasteiger partial charge in [-0.15, -0.1) is 0 Å². The van der Waals surface area contributed by atoms with Crippen molar-refractivity contribution in [2.75, 3.05) is 47.0 Å². The lowest BCUT2D eigenvalue weighted by Gasteiger charge is -2.34. The third-order valence-electron chi connectivity index (χ3n) is 7.43. The Labute approximate surface area is 240 Å². The molecule has 0 bridgehead atoms. The fourth-order valence-corrected chi connectivity index (χ4v) is 5.19. The van der Waals surface area contributed by atoms with Crippen molar-refractivity contribution >= 4 is 11.8 Å². The molecule has 3 aromatic carbocycles. The second-order valence-corrected chi connectivity index (χ2v) is 9.92. The number of carbonyl (C=O) groups is 2. The van der Waals surface area contributed by atoms with Gasteiger partial charge >= 0.3 is 0 Å². The van der Waals surface area contributed by atoms with Gasteiger partial charge < -0.3 is 28.6 Å².